The van der Waals surface area contributed by atoms with Gasteiger partial charge in [0.15, 0.2) is 5.65 Å². The van der Waals surface area contributed by atoms with Crippen LogP contribution in [0.3, 0.4) is 0 Å². The van der Waals surface area contributed by atoms with E-state index in [9.17, 15) is 4.79 Å². The predicted octanol–water partition coefficient (Wildman–Crippen LogP) is 6.81. The smallest absolute Gasteiger partial charge is 0.410 e. The third-order valence-electron chi connectivity index (χ3n) is 5.25. The maximum absolute atomic E-state index is 12.6. The highest BCUT2D eigenvalue weighted by Gasteiger charge is 2.32. The average Bonchev–Trinajstić information content (AvgIpc) is 3.18. The van der Waals surface area contributed by atoms with Crippen molar-refractivity contribution < 1.29 is 9.53 Å². The molecule has 1 unspecified atom stereocenters. The van der Waals surface area contributed by atoms with Crippen molar-refractivity contribution in [3.05, 3.63) is 42.9 Å². The van der Waals surface area contributed by atoms with Gasteiger partial charge in [0.1, 0.15) is 17.7 Å². The van der Waals surface area contributed by atoms with Gasteiger partial charge >= 0.3 is 6.09 Å². The molecular weight excluding hydrogens is 561 g/mol. The summed E-state index contributed by atoms with van der Waals surface area (Å²) in [6, 6.07) is 10.3. The lowest BCUT2D eigenvalue weighted by atomic mass is 10.1. The van der Waals surface area contributed by atoms with Gasteiger partial charge in [-0.3, -0.25) is 3.97 Å². The van der Waals surface area contributed by atoms with Gasteiger partial charge in [-0.05, 0) is 33.3 Å². The van der Waals surface area contributed by atoms with Crippen molar-refractivity contribution in [3.63, 3.8) is 0 Å². The van der Waals surface area contributed by atoms with E-state index in [0.29, 0.717) is 19.6 Å². The molecule has 1 amide bonds. The van der Waals surface area contributed by atoms with Gasteiger partial charge < -0.3 is 14.5 Å². The number of piperazine rings is 1. The summed E-state index contributed by atoms with van der Waals surface area (Å²) in [5.41, 5.74) is 2.63. The van der Waals surface area contributed by atoms with Crippen LogP contribution in [0, 0.1) is 0 Å². The number of halogens is 1. The topological polar surface area (TPSA) is 63.5 Å². The minimum atomic E-state index is -0.503. The number of amides is 1. The Kier molecular flexibility index (Phi) is 9.08. The molecule has 34 heavy (non-hydrogen) atoms. The van der Waals surface area contributed by atoms with E-state index in [1.165, 1.54) is 6.42 Å². The van der Waals surface area contributed by atoms with E-state index in [-0.39, 0.29) is 12.1 Å². The van der Waals surface area contributed by atoms with Crippen LogP contribution in [0.5, 0.6) is 0 Å². The summed E-state index contributed by atoms with van der Waals surface area (Å²) >= 11 is 2.27. The summed E-state index contributed by atoms with van der Waals surface area (Å²) in [5.74, 6) is 0.906. The zero-order valence-electron chi connectivity index (χ0n) is 20.8. The predicted molar refractivity (Wildman–Crippen MR) is 151 cm³/mol. The van der Waals surface area contributed by atoms with E-state index in [4.69, 9.17) is 4.74 Å². The van der Waals surface area contributed by atoms with E-state index in [2.05, 4.69) is 79.1 Å². The van der Waals surface area contributed by atoms with Crippen LogP contribution in [0.2, 0.25) is 0 Å². The highest BCUT2D eigenvalue weighted by atomic mass is 127. The third kappa shape index (κ3) is 6.16. The second-order valence-electron chi connectivity index (χ2n) is 9.38. The Bertz CT molecular complexity index is 1100. The van der Waals surface area contributed by atoms with Gasteiger partial charge in [-0.2, -0.15) is 0 Å². The first-order chi connectivity index (χ1) is 16.2. The van der Waals surface area contributed by atoms with Gasteiger partial charge in [-0.15, -0.1) is 0 Å². The first-order valence-corrected chi connectivity index (χ1v) is 15.0. The molecule has 1 aromatic carbocycles. The van der Waals surface area contributed by atoms with Crippen LogP contribution < -0.4 is 4.90 Å². The first-order valence-electron chi connectivity index (χ1n) is 11.6. The van der Waals surface area contributed by atoms with E-state index in [1.54, 1.807) is 15.4 Å². The van der Waals surface area contributed by atoms with Crippen molar-refractivity contribution in [3.8, 4) is 11.1 Å². The Hall–Kier alpha value is -2.01. The Morgan fingerprint density at radius 3 is 2.44 bits per heavy atom. The van der Waals surface area contributed by atoms with Gasteiger partial charge in [-0.25, -0.2) is 14.8 Å². The Morgan fingerprint density at radius 1 is 1.18 bits per heavy atom. The molecule has 1 aliphatic heterocycles. The summed E-state index contributed by atoms with van der Waals surface area (Å²) in [5, 5.41) is 1.04. The SMILES string of the molecule is CC1CN(c2ncnc3c2c(-c2ccccc2)cn3SI)CCN1C(=O)OC(C)(C)C.CCC. The second kappa shape index (κ2) is 11.6. The number of rotatable bonds is 3. The summed E-state index contributed by atoms with van der Waals surface area (Å²) in [4.78, 5) is 25.9. The van der Waals surface area contributed by atoms with Crippen LogP contribution in [0.1, 0.15) is 48.0 Å². The molecule has 0 N–H and O–H groups in total. The zero-order valence-corrected chi connectivity index (χ0v) is 23.8. The number of hydrogen-bond donors (Lipinski definition) is 0. The fraction of sp³-hybridized carbons (Fsp3) is 0.480. The summed E-state index contributed by atoms with van der Waals surface area (Å²) in [7, 11) is 1.59. The molecule has 0 radical (unpaired) electrons. The standard InChI is InChI=1S/C22H26IN5O2S.C3H8/c1-15-12-26(10-11-27(15)21(29)30-22(2,3)4)19-18-17(16-8-6-5-7-9-16)13-28(31-23)20(18)25-14-24-19;1-3-2/h5-9,13-15H,10-12H2,1-4H3;3H2,1-2H3. The zero-order chi connectivity index (χ0) is 24.9. The molecule has 0 bridgehead atoms. The average molecular weight is 596 g/mol. The molecule has 0 spiro atoms. The van der Waals surface area contributed by atoms with Crippen molar-refractivity contribution in [2.75, 3.05) is 24.5 Å². The van der Waals surface area contributed by atoms with Gasteiger partial charge in [0.25, 0.3) is 0 Å². The van der Waals surface area contributed by atoms with Crippen LogP contribution >= 0.6 is 30.3 Å². The van der Waals surface area contributed by atoms with Crippen LogP contribution in [-0.4, -0.2) is 56.2 Å². The van der Waals surface area contributed by atoms with Crippen LogP contribution in [0.25, 0.3) is 22.2 Å². The van der Waals surface area contributed by atoms with Gasteiger partial charge in [0, 0.05) is 67.8 Å². The first kappa shape index (κ1) is 26.6. The molecule has 3 heterocycles. The van der Waals surface area contributed by atoms with Crippen molar-refractivity contribution in [2.24, 2.45) is 0 Å². The van der Waals surface area contributed by atoms with E-state index in [1.807, 2.05) is 43.9 Å². The number of carbonyl (C=O) groups excluding carboxylic acids is 1. The fourth-order valence-electron chi connectivity index (χ4n) is 3.89. The van der Waals surface area contributed by atoms with Crippen molar-refractivity contribution in [2.45, 2.75) is 59.6 Å². The van der Waals surface area contributed by atoms with Crippen LogP contribution in [-0.2, 0) is 4.74 Å². The summed E-state index contributed by atoms with van der Waals surface area (Å²) in [6.45, 7) is 13.9. The highest BCUT2D eigenvalue weighted by Crippen LogP contribution is 2.38. The summed E-state index contributed by atoms with van der Waals surface area (Å²) < 4.78 is 7.66. The number of aromatic nitrogens is 3. The third-order valence-corrected chi connectivity index (χ3v) is 6.95. The maximum atomic E-state index is 12.6. The lowest BCUT2D eigenvalue weighted by molar-refractivity contribution is 0.0159. The molecule has 1 atom stereocenters. The van der Waals surface area contributed by atoms with Gasteiger partial charge in [0.05, 0.1) is 5.39 Å². The lowest BCUT2D eigenvalue weighted by Gasteiger charge is -2.40. The Balaban J connectivity index is 0.00000103. The van der Waals surface area contributed by atoms with Crippen molar-refractivity contribution in [1.82, 2.24) is 18.8 Å². The van der Waals surface area contributed by atoms with Crippen LogP contribution in [0.4, 0.5) is 10.6 Å². The highest BCUT2D eigenvalue weighted by molar-refractivity contribution is 14.2. The van der Waals surface area contributed by atoms with Crippen molar-refractivity contribution in [1.29, 1.82) is 0 Å². The molecule has 2 aromatic heterocycles. The van der Waals surface area contributed by atoms with E-state index < -0.39 is 5.60 Å². The minimum Gasteiger partial charge on any atom is -0.444 e. The maximum Gasteiger partial charge on any atom is 0.410 e. The number of carbonyl (C=O) groups is 1. The molecule has 9 heteroatoms. The molecule has 1 saturated heterocycles. The molecule has 0 aliphatic carbocycles. The number of fused-ring (bicyclic) bond motifs is 1. The molecule has 0 saturated carbocycles. The fourth-order valence-corrected chi connectivity index (χ4v) is 5.14. The number of ether oxygens (including phenoxy) is 1. The number of nitrogens with zero attached hydrogens (tertiary/aromatic N) is 5. The van der Waals surface area contributed by atoms with Gasteiger partial charge in [-0.1, -0.05) is 50.6 Å². The molecule has 3 aromatic rings. The van der Waals surface area contributed by atoms with Crippen molar-refractivity contribution >= 4 is 53.3 Å². The molecule has 184 valence electrons. The molecular formula is C25H34IN5O2S. The quantitative estimate of drug-likeness (QED) is 0.310. The lowest BCUT2D eigenvalue weighted by Crippen LogP contribution is -2.55. The monoisotopic (exact) mass is 595 g/mol. The van der Waals surface area contributed by atoms with E-state index >= 15 is 0 Å². The van der Waals surface area contributed by atoms with E-state index in [0.717, 1.165) is 28.0 Å². The largest absolute Gasteiger partial charge is 0.444 e. The number of anilines is 1. The number of hydrogen-bond acceptors (Lipinski definition) is 6. The molecule has 7 nitrogen and oxygen atoms in total. The second-order valence-corrected chi connectivity index (χ2v) is 11.1. The van der Waals surface area contributed by atoms with Gasteiger partial charge in [0.2, 0.25) is 0 Å². The Morgan fingerprint density at radius 2 is 1.85 bits per heavy atom. The normalized spacial score (nSPS) is 16.3. The summed E-state index contributed by atoms with van der Waals surface area (Å²) in [6.07, 6.45) is 4.74. The molecule has 1 aliphatic rings. The molecule has 1 fully saturated rings. The Labute approximate surface area is 219 Å². The minimum absolute atomic E-state index is 0.00910. The van der Waals surface area contributed by atoms with Crippen LogP contribution in [0.15, 0.2) is 42.9 Å². The number of benzene rings is 1. The molecule has 4 rings (SSSR count).